The second kappa shape index (κ2) is 8.16. The van der Waals surface area contributed by atoms with Crippen molar-refractivity contribution in [1.29, 1.82) is 0 Å². The summed E-state index contributed by atoms with van der Waals surface area (Å²) in [4.78, 5) is 10.7. The lowest BCUT2D eigenvalue weighted by atomic mass is 10.1. The average Bonchev–Trinajstić information content (AvgIpc) is 2.55. The second-order valence-corrected chi connectivity index (χ2v) is 5.36. The number of thiocarbonyl (C=S) groups is 1. The highest BCUT2D eigenvalue weighted by Gasteiger charge is 2.05. The molecular weight excluding hydrogens is 328 g/mol. The fourth-order valence-corrected chi connectivity index (χ4v) is 2.29. The molecule has 6 nitrogen and oxygen atoms in total. The number of aliphatic carboxylic acids is 1. The molecule has 2 aromatic carbocycles. The van der Waals surface area contributed by atoms with Crippen molar-refractivity contribution in [3.05, 3.63) is 48.0 Å². The SMILES string of the molecule is COc1cc(NC(=S)Nc2ccc(CC(=O)O)cc2)cc(OC)c1. The highest BCUT2D eigenvalue weighted by atomic mass is 32.1. The third-order valence-corrected chi connectivity index (χ3v) is 3.38. The Morgan fingerprint density at radius 1 is 1.00 bits per heavy atom. The molecular formula is C17H18N2O4S. The van der Waals surface area contributed by atoms with E-state index in [1.54, 1.807) is 56.7 Å². The Hall–Kier alpha value is -2.80. The van der Waals surface area contributed by atoms with Crippen LogP contribution in [0.15, 0.2) is 42.5 Å². The molecule has 0 aliphatic rings. The molecule has 2 aromatic rings. The normalized spacial score (nSPS) is 9.92. The van der Waals surface area contributed by atoms with Crippen molar-refractivity contribution in [1.82, 2.24) is 0 Å². The predicted molar refractivity (Wildman–Crippen MR) is 97.2 cm³/mol. The van der Waals surface area contributed by atoms with Crippen LogP contribution >= 0.6 is 12.2 Å². The molecule has 0 aliphatic carbocycles. The minimum absolute atomic E-state index is 0.00736. The maximum atomic E-state index is 10.7. The largest absolute Gasteiger partial charge is 0.497 e. The Morgan fingerprint density at radius 2 is 1.54 bits per heavy atom. The van der Waals surface area contributed by atoms with Gasteiger partial charge in [0.05, 0.1) is 20.6 Å². The Bertz CT molecular complexity index is 710. The molecule has 0 unspecified atom stereocenters. The molecule has 0 aliphatic heterocycles. The van der Waals surface area contributed by atoms with Crippen LogP contribution < -0.4 is 20.1 Å². The van der Waals surface area contributed by atoms with Gasteiger partial charge in [-0.2, -0.15) is 0 Å². The number of nitrogens with one attached hydrogen (secondary N) is 2. The summed E-state index contributed by atoms with van der Waals surface area (Å²) in [7, 11) is 3.15. The summed E-state index contributed by atoms with van der Waals surface area (Å²) in [5, 5.41) is 15.3. The van der Waals surface area contributed by atoms with Crippen LogP contribution in [0.3, 0.4) is 0 Å². The van der Waals surface area contributed by atoms with Gasteiger partial charge in [-0.3, -0.25) is 4.79 Å². The van der Waals surface area contributed by atoms with Crippen LogP contribution in [0.2, 0.25) is 0 Å². The van der Waals surface area contributed by atoms with E-state index in [1.807, 2.05) is 0 Å². The van der Waals surface area contributed by atoms with Gasteiger partial charge < -0.3 is 25.2 Å². The molecule has 0 fully saturated rings. The first-order chi connectivity index (χ1) is 11.5. The quantitative estimate of drug-likeness (QED) is 0.693. The van der Waals surface area contributed by atoms with Gasteiger partial charge in [0.25, 0.3) is 0 Å². The molecule has 24 heavy (non-hydrogen) atoms. The zero-order valence-corrected chi connectivity index (χ0v) is 14.1. The van der Waals surface area contributed by atoms with E-state index in [1.165, 1.54) is 0 Å². The molecule has 7 heteroatoms. The Balaban J connectivity index is 2.01. The summed E-state index contributed by atoms with van der Waals surface area (Å²) >= 11 is 5.28. The second-order valence-electron chi connectivity index (χ2n) is 4.95. The molecule has 0 saturated heterocycles. The molecule has 0 spiro atoms. The van der Waals surface area contributed by atoms with Gasteiger partial charge in [-0.15, -0.1) is 0 Å². The molecule has 0 aromatic heterocycles. The molecule has 0 atom stereocenters. The first-order valence-corrected chi connectivity index (χ1v) is 7.53. The number of ether oxygens (including phenoxy) is 2. The van der Waals surface area contributed by atoms with Gasteiger partial charge in [0.15, 0.2) is 5.11 Å². The molecule has 3 N–H and O–H groups in total. The molecule has 0 amide bonds. The van der Waals surface area contributed by atoms with Crippen molar-refractivity contribution >= 4 is 34.7 Å². The third-order valence-electron chi connectivity index (χ3n) is 3.18. The number of rotatable bonds is 6. The molecule has 126 valence electrons. The lowest BCUT2D eigenvalue weighted by Gasteiger charge is -2.13. The first kappa shape index (κ1) is 17.6. The van der Waals surface area contributed by atoms with Crippen molar-refractivity contribution in [2.24, 2.45) is 0 Å². The van der Waals surface area contributed by atoms with Gasteiger partial charge >= 0.3 is 5.97 Å². The number of carbonyl (C=O) groups is 1. The van der Waals surface area contributed by atoms with E-state index in [4.69, 9.17) is 26.8 Å². The minimum atomic E-state index is -0.861. The van der Waals surface area contributed by atoms with E-state index in [-0.39, 0.29) is 6.42 Å². The smallest absolute Gasteiger partial charge is 0.307 e. The maximum absolute atomic E-state index is 10.7. The highest BCUT2D eigenvalue weighted by Crippen LogP contribution is 2.25. The van der Waals surface area contributed by atoms with Crippen LogP contribution in [0.5, 0.6) is 11.5 Å². The molecule has 0 radical (unpaired) electrons. The Kier molecular flexibility index (Phi) is 5.97. The van der Waals surface area contributed by atoms with E-state index in [2.05, 4.69) is 10.6 Å². The number of hydrogen-bond acceptors (Lipinski definition) is 4. The van der Waals surface area contributed by atoms with Crippen molar-refractivity contribution < 1.29 is 19.4 Å². The van der Waals surface area contributed by atoms with Gasteiger partial charge in [0, 0.05) is 29.6 Å². The minimum Gasteiger partial charge on any atom is -0.497 e. The van der Waals surface area contributed by atoms with Crippen LogP contribution in [0.1, 0.15) is 5.56 Å². The van der Waals surface area contributed by atoms with Crippen molar-refractivity contribution in [3.63, 3.8) is 0 Å². The van der Waals surface area contributed by atoms with E-state index >= 15 is 0 Å². The van der Waals surface area contributed by atoms with Crippen LogP contribution in [0.4, 0.5) is 11.4 Å². The number of anilines is 2. The number of hydrogen-bond donors (Lipinski definition) is 3. The third kappa shape index (κ3) is 5.13. The van der Waals surface area contributed by atoms with Gasteiger partial charge in [0.2, 0.25) is 0 Å². The van der Waals surface area contributed by atoms with Crippen LogP contribution in [0, 0.1) is 0 Å². The number of carboxylic acids is 1. The van der Waals surface area contributed by atoms with Crippen LogP contribution in [-0.2, 0) is 11.2 Å². The van der Waals surface area contributed by atoms with Crippen LogP contribution in [-0.4, -0.2) is 30.4 Å². The molecule has 0 heterocycles. The average molecular weight is 346 g/mol. The summed E-state index contributed by atoms with van der Waals surface area (Å²) in [6.07, 6.45) is -0.00736. The summed E-state index contributed by atoms with van der Waals surface area (Å²) < 4.78 is 10.4. The topological polar surface area (TPSA) is 79.8 Å². The van der Waals surface area contributed by atoms with Gasteiger partial charge in [-0.1, -0.05) is 12.1 Å². The number of benzene rings is 2. The molecule has 0 bridgehead atoms. The van der Waals surface area contributed by atoms with Crippen molar-refractivity contribution in [3.8, 4) is 11.5 Å². The molecule has 2 rings (SSSR count). The van der Waals surface area contributed by atoms with E-state index in [0.717, 1.165) is 16.9 Å². The Morgan fingerprint density at radius 3 is 2.04 bits per heavy atom. The Labute approximate surface area is 145 Å². The summed E-state index contributed by atoms with van der Waals surface area (Å²) in [6.45, 7) is 0. The van der Waals surface area contributed by atoms with E-state index in [0.29, 0.717) is 16.6 Å². The van der Waals surface area contributed by atoms with Gasteiger partial charge in [-0.25, -0.2) is 0 Å². The molecule has 0 saturated carbocycles. The number of methoxy groups -OCH3 is 2. The monoisotopic (exact) mass is 346 g/mol. The zero-order valence-electron chi connectivity index (χ0n) is 13.3. The van der Waals surface area contributed by atoms with Gasteiger partial charge in [0.1, 0.15) is 11.5 Å². The van der Waals surface area contributed by atoms with Gasteiger partial charge in [-0.05, 0) is 29.9 Å². The summed E-state index contributed by atoms with van der Waals surface area (Å²) in [6, 6.07) is 12.4. The van der Waals surface area contributed by atoms with Crippen LogP contribution in [0.25, 0.3) is 0 Å². The fraction of sp³-hybridized carbons (Fsp3) is 0.176. The predicted octanol–water partition coefficient (Wildman–Crippen LogP) is 3.14. The highest BCUT2D eigenvalue weighted by molar-refractivity contribution is 7.80. The van der Waals surface area contributed by atoms with Crippen molar-refractivity contribution in [2.45, 2.75) is 6.42 Å². The standard InChI is InChI=1S/C17H18N2O4S/c1-22-14-8-13(9-15(10-14)23-2)19-17(24)18-12-5-3-11(4-6-12)7-16(20)21/h3-6,8-10H,7H2,1-2H3,(H,20,21)(H2,18,19,24). The fourth-order valence-electron chi connectivity index (χ4n) is 2.05. The maximum Gasteiger partial charge on any atom is 0.307 e. The van der Waals surface area contributed by atoms with E-state index < -0.39 is 5.97 Å². The lowest BCUT2D eigenvalue weighted by Crippen LogP contribution is -2.19. The zero-order chi connectivity index (χ0) is 17.5. The lowest BCUT2D eigenvalue weighted by molar-refractivity contribution is -0.136. The summed E-state index contributed by atoms with van der Waals surface area (Å²) in [5.74, 6) is 0.440. The summed E-state index contributed by atoms with van der Waals surface area (Å²) in [5.41, 5.74) is 2.21. The van der Waals surface area contributed by atoms with Crippen molar-refractivity contribution in [2.75, 3.05) is 24.9 Å². The van der Waals surface area contributed by atoms with E-state index in [9.17, 15) is 4.79 Å². The number of carboxylic acid groups (broad SMARTS) is 1. The first-order valence-electron chi connectivity index (χ1n) is 7.12.